The number of carbonyl (C=O) groups excluding carboxylic acids is 1. The Bertz CT molecular complexity index is 219. The molecule has 0 aliphatic heterocycles. The molecule has 0 saturated heterocycles. The van der Waals surface area contributed by atoms with Gasteiger partial charge in [0.15, 0.2) is 0 Å². The lowest BCUT2D eigenvalue weighted by Gasteiger charge is -2.28. The molecule has 4 nitrogen and oxygen atoms in total. The molecule has 0 saturated carbocycles. The van der Waals surface area contributed by atoms with Crippen molar-refractivity contribution in [2.75, 3.05) is 13.7 Å². The van der Waals surface area contributed by atoms with E-state index in [4.69, 9.17) is 10.5 Å². The van der Waals surface area contributed by atoms with Gasteiger partial charge in [0, 0.05) is 13.0 Å². The Kier molecular flexibility index (Phi) is 6.60. The van der Waals surface area contributed by atoms with Crippen molar-refractivity contribution < 1.29 is 9.53 Å². The van der Waals surface area contributed by atoms with Crippen molar-refractivity contribution in [3.05, 3.63) is 0 Å². The Hall–Kier alpha value is -0.610. The lowest BCUT2D eigenvalue weighted by molar-refractivity contribution is -0.125. The molecule has 0 aromatic heterocycles. The van der Waals surface area contributed by atoms with Gasteiger partial charge in [0.05, 0.1) is 11.6 Å². The van der Waals surface area contributed by atoms with Gasteiger partial charge in [0.2, 0.25) is 5.91 Å². The summed E-state index contributed by atoms with van der Waals surface area (Å²) in [7, 11) is 1.74. The van der Waals surface area contributed by atoms with Crippen LogP contribution in [0.5, 0.6) is 0 Å². The zero-order valence-electron chi connectivity index (χ0n) is 11.2. The maximum Gasteiger partial charge on any atom is 0.237 e. The zero-order valence-corrected chi connectivity index (χ0v) is 11.2. The highest BCUT2D eigenvalue weighted by atomic mass is 16.5. The molecule has 96 valence electrons. The van der Waals surface area contributed by atoms with Crippen LogP contribution in [0.1, 0.15) is 40.5 Å². The van der Waals surface area contributed by atoms with Gasteiger partial charge in [-0.05, 0) is 33.2 Å². The molecule has 0 spiro atoms. The van der Waals surface area contributed by atoms with E-state index in [9.17, 15) is 4.79 Å². The van der Waals surface area contributed by atoms with E-state index in [2.05, 4.69) is 19.2 Å². The smallest absolute Gasteiger partial charge is 0.237 e. The molecule has 16 heavy (non-hydrogen) atoms. The zero-order chi connectivity index (χ0) is 12.8. The first-order valence-electron chi connectivity index (χ1n) is 5.92. The number of primary amides is 1. The number of nitrogens with one attached hydrogen (secondary N) is 1. The van der Waals surface area contributed by atoms with Gasteiger partial charge in [0.1, 0.15) is 0 Å². The molecule has 0 aromatic rings. The third-order valence-electron chi connectivity index (χ3n) is 2.89. The first-order valence-corrected chi connectivity index (χ1v) is 5.92. The summed E-state index contributed by atoms with van der Waals surface area (Å²) in [5.74, 6) is 0.299. The fraction of sp³-hybridized carbons (Fsp3) is 0.917. The minimum Gasteiger partial charge on any atom is -0.378 e. The number of ether oxygens (including phenoxy) is 1. The summed E-state index contributed by atoms with van der Waals surface area (Å²) in [6.45, 7) is 8.83. The van der Waals surface area contributed by atoms with Gasteiger partial charge in [0.25, 0.3) is 0 Å². The van der Waals surface area contributed by atoms with Gasteiger partial charge < -0.3 is 15.8 Å². The van der Waals surface area contributed by atoms with Crippen molar-refractivity contribution in [3.63, 3.8) is 0 Å². The van der Waals surface area contributed by atoms with Crippen LogP contribution in [0.4, 0.5) is 0 Å². The van der Waals surface area contributed by atoms with Crippen LogP contribution in [-0.4, -0.2) is 31.2 Å². The van der Waals surface area contributed by atoms with Crippen LogP contribution in [0.3, 0.4) is 0 Å². The highest BCUT2D eigenvalue weighted by Gasteiger charge is 2.31. The predicted molar refractivity (Wildman–Crippen MR) is 66.1 cm³/mol. The first kappa shape index (κ1) is 15.4. The highest BCUT2D eigenvalue weighted by molar-refractivity contribution is 5.84. The van der Waals surface area contributed by atoms with Crippen LogP contribution in [-0.2, 0) is 9.53 Å². The van der Waals surface area contributed by atoms with Crippen molar-refractivity contribution in [2.24, 2.45) is 11.7 Å². The topological polar surface area (TPSA) is 64.3 Å². The van der Waals surface area contributed by atoms with E-state index in [1.807, 2.05) is 6.92 Å². The van der Waals surface area contributed by atoms with E-state index in [1.54, 1.807) is 14.0 Å². The van der Waals surface area contributed by atoms with Crippen molar-refractivity contribution in [1.29, 1.82) is 0 Å². The third-order valence-corrected chi connectivity index (χ3v) is 2.89. The summed E-state index contributed by atoms with van der Waals surface area (Å²) >= 11 is 0. The van der Waals surface area contributed by atoms with Gasteiger partial charge in [-0.25, -0.2) is 0 Å². The Morgan fingerprint density at radius 3 is 2.38 bits per heavy atom. The molecule has 1 amide bonds. The Morgan fingerprint density at radius 2 is 2.00 bits per heavy atom. The summed E-state index contributed by atoms with van der Waals surface area (Å²) in [5, 5.41) is 2.95. The number of hydrogen-bond acceptors (Lipinski definition) is 3. The standard InChI is InChI=1S/C12H26N2O2/c1-9(2)6-7-16-10(3)8-12(4,14-5)11(13)15/h9-10,14H,6-8H2,1-5H3,(H2,13,15). The molecule has 0 rings (SSSR count). The fourth-order valence-corrected chi connectivity index (χ4v) is 1.46. The van der Waals surface area contributed by atoms with Gasteiger partial charge >= 0.3 is 0 Å². The molecule has 0 aliphatic carbocycles. The van der Waals surface area contributed by atoms with Gasteiger partial charge in [-0.1, -0.05) is 13.8 Å². The fourth-order valence-electron chi connectivity index (χ4n) is 1.46. The second-order valence-corrected chi connectivity index (χ2v) is 5.01. The molecule has 0 radical (unpaired) electrons. The first-order chi connectivity index (χ1) is 7.31. The van der Waals surface area contributed by atoms with Crippen LogP contribution < -0.4 is 11.1 Å². The Labute approximate surface area is 98.9 Å². The van der Waals surface area contributed by atoms with Crippen molar-refractivity contribution in [1.82, 2.24) is 5.32 Å². The maximum atomic E-state index is 11.3. The highest BCUT2D eigenvalue weighted by Crippen LogP contribution is 2.14. The third kappa shape index (κ3) is 5.47. The second kappa shape index (κ2) is 6.86. The lowest BCUT2D eigenvalue weighted by Crippen LogP contribution is -2.53. The minimum absolute atomic E-state index is 0.0312. The summed E-state index contributed by atoms with van der Waals surface area (Å²) in [5.41, 5.74) is 4.67. The van der Waals surface area contributed by atoms with Crippen LogP contribution in [0.2, 0.25) is 0 Å². The van der Waals surface area contributed by atoms with E-state index in [0.717, 1.165) is 13.0 Å². The van der Waals surface area contributed by atoms with Crippen molar-refractivity contribution >= 4 is 5.91 Å². The number of amides is 1. The Morgan fingerprint density at radius 1 is 1.44 bits per heavy atom. The molecular formula is C12H26N2O2. The number of carbonyl (C=O) groups is 1. The number of hydrogen-bond donors (Lipinski definition) is 2. The molecular weight excluding hydrogens is 204 g/mol. The molecule has 2 atom stereocenters. The summed E-state index contributed by atoms with van der Waals surface area (Å²) < 4.78 is 5.65. The van der Waals surface area contributed by atoms with Gasteiger partial charge in [-0.3, -0.25) is 4.79 Å². The largest absolute Gasteiger partial charge is 0.378 e. The molecule has 4 heteroatoms. The number of likely N-dealkylation sites (N-methyl/N-ethyl adjacent to an activating group) is 1. The van der Waals surface area contributed by atoms with Gasteiger partial charge in [-0.2, -0.15) is 0 Å². The van der Waals surface area contributed by atoms with E-state index in [1.165, 1.54) is 0 Å². The number of nitrogens with two attached hydrogens (primary N) is 1. The van der Waals surface area contributed by atoms with Crippen LogP contribution in [0.25, 0.3) is 0 Å². The van der Waals surface area contributed by atoms with Crippen LogP contribution in [0.15, 0.2) is 0 Å². The van der Waals surface area contributed by atoms with E-state index in [0.29, 0.717) is 12.3 Å². The molecule has 0 heterocycles. The molecule has 0 aromatic carbocycles. The quantitative estimate of drug-likeness (QED) is 0.660. The molecule has 0 fully saturated rings. The average Bonchev–Trinajstić information content (AvgIpc) is 2.16. The maximum absolute atomic E-state index is 11.3. The monoisotopic (exact) mass is 230 g/mol. The van der Waals surface area contributed by atoms with Gasteiger partial charge in [-0.15, -0.1) is 0 Å². The minimum atomic E-state index is -0.683. The summed E-state index contributed by atoms with van der Waals surface area (Å²) in [4.78, 5) is 11.3. The van der Waals surface area contributed by atoms with E-state index >= 15 is 0 Å². The van der Waals surface area contributed by atoms with Crippen molar-refractivity contribution in [3.8, 4) is 0 Å². The second-order valence-electron chi connectivity index (χ2n) is 5.01. The van der Waals surface area contributed by atoms with Crippen molar-refractivity contribution in [2.45, 2.75) is 52.2 Å². The molecule has 2 unspecified atom stereocenters. The summed E-state index contributed by atoms with van der Waals surface area (Å²) in [6.07, 6.45) is 1.66. The number of rotatable bonds is 8. The van der Waals surface area contributed by atoms with E-state index < -0.39 is 5.54 Å². The molecule has 3 N–H and O–H groups in total. The van der Waals surface area contributed by atoms with E-state index in [-0.39, 0.29) is 12.0 Å². The molecule has 0 bridgehead atoms. The average molecular weight is 230 g/mol. The predicted octanol–water partition coefficient (Wildman–Crippen LogP) is 1.29. The SMILES string of the molecule is CNC(C)(CC(C)OCCC(C)C)C(N)=O. The Balaban J connectivity index is 4.02. The molecule has 0 aliphatic rings. The summed E-state index contributed by atoms with van der Waals surface area (Å²) in [6, 6.07) is 0. The lowest BCUT2D eigenvalue weighted by atomic mass is 9.94. The normalized spacial score (nSPS) is 17.1. The van der Waals surface area contributed by atoms with Crippen LogP contribution >= 0.6 is 0 Å². The van der Waals surface area contributed by atoms with Crippen LogP contribution in [0, 0.1) is 5.92 Å².